The lowest BCUT2D eigenvalue weighted by molar-refractivity contribution is -0.118. The Morgan fingerprint density at radius 3 is 2.81 bits per heavy atom. The lowest BCUT2D eigenvalue weighted by Crippen LogP contribution is -2.31. The van der Waals surface area contributed by atoms with Crippen LogP contribution in [-0.2, 0) is 9.53 Å². The first-order valence-corrected chi connectivity index (χ1v) is 9.51. The summed E-state index contributed by atoms with van der Waals surface area (Å²) in [5.74, 6) is -0.852. The van der Waals surface area contributed by atoms with Crippen molar-refractivity contribution in [3.05, 3.63) is 38.7 Å². The van der Waals surface area contributed by atoms with Gasteiger partial charge in [-0.25, -0.2) is 14.8 Å². The van der Waals surface area contributed by atoms with E-state index in [0.29, 0.717) is 25.8 Å². The molecule has 1 amide bonds. The minimum absolute atomic E-state index is 0.248. The van der Waals surface area contributed by atoms with E-state index in [4.69, 9.17) is 4.74 Å². The fraction of sp³-hybridized carbons (Fsp3) is 0.312. The Hall–Kier alpha value is -2.59. The fourth-order valence-electron chi connectivity index (χ4n) is 2.43. The molecule has 0 bridgehead atoms. The number of esters is 1. The van der Waals surface area contributed by atoms with Gasteiger partial charge in [-0.3, -0.25) is 14.2 Å². The fourth-order valence-corrected chi connectivity index (χ4v) is 3.99. The van der Waals surface area contributed by atoms with Crippen LogP contribution in [0.15, 0.2) is 22.7 Å². The van der Waals surface area contributed by atoms with Gasteiger partial charge in [0, 0.05) is 11.6 Å². The van der Waals surface area contributed by atoms with Crippen molar-refractivity contribution in [1.29, 1.82) is 0 Å². The molecule has 3 aromatic heterocycles. The molecule has 0 aliphatic heterocycles. The predicted octanol–water partition coefficient (Wildman–Crippen LogP) is 2.60. The molecule has 8 nitrogen and oxygen atoms in total. The molecule has 136 valence electrons. The molecule has 0 fully saturated rings. The Balaban J connectivity index is 1.98. The van der Waals surface area contributed by atoms with Crippen molar-refractivity contribution < 1.29 is 14.3 Å². The van der Waals surface area contributed by atoms with Crippen LogP contribution in [0.5, 0.6) is 0 Å². The van der Waals surface area contributed by atoms with Gasteiger partial charge in [-0.05, 0) is 26.3 Å². The van der Waals surface area contributed by atoms with E-state index in [1.165, 1.54) is 22.2 Å². The van der Waals surface area contributed by atoms with Crippen molar-refractivity contribution in [1.82, 2.24) is 14.5 Å². The van der Waals surface area contributed by atoms with Crippen LogP contribution in [0.3, 0.4) is 0 Å². The molecule has 1 N–H and O–H groups in total. The van der Waals surface area contributed by atoms with Crippen molar-refractivity contribution in [2.45, 2.75) is 26.8 Å². The summed E-state index contributed by atoms with van der Waals surface area (Å²) in [4.78, 5) is 46.3. The average Bonchev–Trinajstić information content (AvgIpc) is 3.23. The highest BCUT2D eigenvalue weighted by Gasteiger charge is 2.23. The molecule has 0 aliphatic carbocycles. The topological polar surface area (TPSA) is 103 Å². The van der Waals surface area contributed by atoms with Gasteiger partial charge in [0.1, 0.15) is 15.7 Å². The van der Waals surface area contributed by atoms with Crippen molar-refractivity contribution >= 4 is 49.9 Å². The molecule has 0 radical (unpaired) electrons. The van der Waals surface area contributed by atoms with E-state index in [1.54, 1.807) is 32.3 Å². The van der Waals surface area contributed by atoms with E-state index < -0.39 is 12.0 Å². The van der Waals surface area contributed by atoms with Crippen LogP contribution in [0.25, 0.3) is 10.2 Å². The standard InChI is InChI=1S/C16H16N4O4S2/c1-4-24-15(23)11-8(2)10-13(26-11)18-7-20(14(10)22)9(3)12(21)19-16-17-5-6-25-16/h5-7,9H,4H2,1-3H3,(H,17,19,21)/t9-/m0/s1. The zero-order chi connectivity index (χ0) is 18.8. The summed E-state index contributed by atoms with van der Waals surface area (Å²) in [6.45, 7) is 5.25. The highest BCUT2D eigenvalue weighted by molar-refractivity contribution is 7.20. The molecule has 3 rings (SSSR count). The summed E-state index contributed by atoms with van der Waals surface area (Å²) >= 11 is 2.40. The molecule has 3 heterocycles. The number of hydrogen-bond acceptors (Lipinski definition) is 8. The lowest BCUT2D eigenvalue weighted by atomic mass is 10.2. The summed E-state index contributed by atoms with van der Waals surface area (Å²) in [7, 11) is 0. The smallest absolute Gasteiger partial charge is 0.348 e. The first kappa shape index (κ1) is 18.2. The SMILES string of the molecule is CCOC(=O)c1sc2ncn([C@@H](C)C(=O)Nc3nccs3)c(=O)c2c1C. The number of amides is 1. The van der Waals surface area contributed by atoms with Gasteiger partial charge in [-0.2, -0.15) is 0 Å². The van der Waals surface area contributed by atoms with Crippen LogP contribution < -0.4 is 10.9 Å². The number of aromatic nitrogens is 3. The lowest BCUT2D eigenvalue weighted by Gasteiger charge is -2.13. The molecule has 0 saturated carbocycles. The molecule has 26 heavy (non-hydrogen) atoms. The van der Waals surface area contributed by atoms with Gasteiger partial charge in [0.25, 0.3) is 5.56 Å². The number of nitrogens with zero attached hydrogens (tertiary/aromatic N) is 3. The van der Waals surface area contributed by atoms with Crippen LogP contribution >= 0.6 is 22.7 Å². The van der Waals surface area contributed by atoms with Gasteiger partial charge in [-0.15, -0.1) is 22.7 Å². The maximum atomic E-state index is 12.9. The molecular formula is C16H16N4O4S2. The number of hydrogen-bond donors (Lipinski definition) is 1. The van der Waals surface area contributed by atoms with E-state index >= 15 is 0 Å². The van der Waals surface area contributed by atoms with Gasteiger partial charge in [0.15, 0.2) is 5.13 Å². The highest BCUT2D eigenvalue weighted by atomic mass is 32.1. The van der Waals surface area contributed by atoms with Crippen molar-refractivity contribution in [3.8, 4) is 0 Å². The second-order valence-electron chi connectivity index (χ2n) is 5.42. The van der Waals surface area contributed by atoms with E-state index in [9.17, 15) is 14.4 Å². The zero-order valence-electron chi connectivity index (χ0n) is 14.3. The Morgan fingerprint density at radius 2 is 2.15 bits per heavy atom. The number of thiophene rings is 1. The number of fused-ring (bicyclic) bond motifs is 1. The molecule has 0 unspecified atom stereocenters. The normalized spacial score (nSPS) is 12.1. The van der Waals surface area contributed by atoms with E-state index in [2.05, 4.69) is 15.3 Å². The highest BCUT2D eigenvalue weighted by Crippen LogP contribution is 2.28. The molecule has 3 aromatic rings. The summed E-state index contributed by atoms with van der Waals surface area (Å²) in [5.41, 5.74) is 0.143. The third-order valence-electron chi connectivity index (χ3n) is 3.80. The first-order valence-electron chi connectivity index (χ1n) is 7.81. The number of aryl methyl sites for hydroxylation is 1. The van der Waals surface area contributed by atoms with Crippen LogP contribution in [-0.4, -0.2) is 33.0 Å². The maximum Gasteiger partial charge on any atom is 0.348 e. The monoisotopic (exact) mass is 392 g/mol. The van der Waals surface area contributed by atoms with E-state index in [1.807, 2.05) is 0 Å². The molecule has 0 aliphatic rings. The molecule has 1 atom stereocenters. The van der Waals surface area contributed by atoms with Crippen LogP contribution in [0, 0.1) is 6.92 Å². The average molecular weight is 392 g/mol. The summed E-state index contributed by atoms with van der Waals surface area (Å²) in [6, 6.07) is -0.784. The molecule has 10 heteroatoms. The summed E-state index contributed by atoms with van der Waals surface area (Å²) in [5, 5.41) is 5.19. The van der Waals surface area contributed by atoms with Crippen molar-refractivity contribution in [3.63, 3.8) is 0 Å². The molecule has 0 aromatic carbocycles. The number of carbonyl (C=O) groups is 2. The molecule has 0 spiro atoms. The van der Waals surface area contributed by atoms with Gasteiger partial charge < -0.3 is 10.1 Å². The van der Waals surface area contributed by atoms with E-state index in [0.717, 1.165) is 11.3 Å². The number of thiazole rings is 1. The Bertz CT molecular complexity index is 1020. The number of carbonyl (C=O) groups excluding carboxylic acids is 2. The third kappa shape index (κ3) is 3.25. The van der Waals surface area contributed by atoms with Crippen molar-refractivity contribution in [2.75, 3.05) is 11.9 Å². The maximum absolute atomic E-state index is 12.9. The second-order valence-corrected chi connectivity index (χ2v) is 7.31. The Morgan fingerprint density at radius 1 is 1.38 bits per heavy atom. The van der Waals surface area contributed by atoms with Gasteiger partial charge >= 0.3 is 5.97 Å². The summed E-state index contributed by atoms with van der Waals surface area (Å²) in [6.07, 6.45) is 2.90. The largest absolute Gasteiger partial charge is 0.462 e. The molecule has 0 saturated heterocycles. The van der Waals surface area contributed by atoms with Crippen molar-refractivity contribution in [2.24, 2.45) is 0 Å². The van der Waals surface area contributed by atoms with Gasteiger partial charge in [0.05, 0.1) is 18.3 Å². The number of anilines is 1. The second kappa shape index (κ2) is 7.34. The quantitative estimate of drug-likeness (QED) is 0.670. The minimum Gasteiger partial charge on any atom is -0.462 e. The van der Waals surface area contributed by atoms with E-state index in [-0.39, 0.29) is 18.1 Å². The first-order chi connectivity index (χ1) is 12.4. The summed E-state index contributed by atoms with van der Waals surface area (Å²) < 4.78 is 6.27. The molecular weight excluding hydrogens is 376 g/mol. The number of ether oxygens (including phenoxy) is 1. The Kier molecular flexibility index (Phi) is 5.14. The zero-order valence-corrected chi connectivity index (χ0v) is 15.9. The van der Waals surface area contributed by atoms with Gasteiger partial charge in [0.2, 0.25) is 5.91 Å². The van der Waals surface area contributed by atoms with Crippen LogP contribution in [0.4, 0.5) is 5.13 Å². The number of rotatable bonds is 5. The Labute approximate surface area is 156 Å². The third-order valence-corrected chi connectivity index (χ3v) is 5.66. The van der Waals surface area contributed by atoms with Gasteiger partial charge in [-0.1, -0.05) is 0 Å². The predicted molar refractivity (Wildman–Crippen MR) is 100 cm³/mol. The number of nitrogens with one attached hydrogen (secondary N) is 1. The minimum atomic E-state index is -0.784. The van der Waals surface area contributed by atoms with Crippen LogP contribution in [0.2, 0.25) is 0 Å². The van der Waals surface area contributed by atoms with Crippen LogP contribution in [0.1, 0.15) is 35.1 Å².